The first-order valence-electron chi connectivity index (χ1n) is 9.37. The minimum atomic E-state index is -0.612. The van der Waals surface area contributed by atoms with Gasteiger partial charge < -0.3 is 19.8 Å². The van der Waals surface area contributed by atoms with Crippen molar-refractivity contribution in [3.8, 4) is 5.75 Å². The maximum absolute atomic E-state index is 11.0. The van der Waals surface area contributed by atoms with Crippen molar-refractivity contribution in [3.63, 3.8) is 0 Å². The molecule has 9 heteroatoms. The molecule has 0 saturated carbocycles. The molecule has 2 aromatic rings. The normalized spacial score (nSPS) is 17.8. The summed E-state index contributed by atoms with van der Waals surface area (Å²) in [7, 11) is -0.612. The second-order valence-electron chi connectivity index (χ2n) is 8.04. The Hall–Kier alpha value is -2.06. The van der Waals surface area contributed by atoms with Gasteiger partial charge in [0.25, 0.3) is 0 Å². The van der Waals surface area contributed by atoms with E-state index in [4.69, 9.17) is 43.0 Å². The van der Waals surface area contributed by atoms with Gasteiger partial charge in [-0.2, -0.15) is 0 Å². The first-order chi connectivity index (χ1) is 13.9. The lowest BCUT2D eigenvalue weighted by molar-refractivity contribution is -0.131. The molecule has 1 aliphatic heterocycles. The number of nitrogens with two attached hydrogens (primary N) is 1. The first kappa shape index (κ1) is 22.6. The van der Waals surface area contributed by atoms with Crippen LogP contribution in [0.15, 0.2) is 41.4 Å². The van der Waals surface area contributed by atoms with E-state index in [2.05, 4.69) is 4.99 Å². The zero-order chi connectivity index (χ0) is 22.3. The van der Waals surface area contributed by atoms with Gasteiger partial charge in [-0.25, -0.2) is 4.99 Å². The summed E-state index contributed by atoms with van der Waals surface area (Å²) < 4.78 is 17.2. The Bertz CT molecular complexity index is 991. The second-order valence-corrected chi connectivity index (χ2v) is 8.81. The van der Waals surface area contributed by atoms with Crippen LogP contribution >= 0.6 is 23.2 Å². The topological polar surface area (TPSA) is 83.1 Å². The molecule has 3 rings (SSSR count). The molecule has 1 fully saturated rings. The molecule has 0 aromatic heterocycles. The van der Waals surface area contributed by atoms with Crippen LogP contribution in [0.1, 0.15) is 40.2 Å². The largest absolute Gasteiger partial charge is 0.494 e. The van der Waals surface area contributed by atoms with Gasteiger partial charge in [0.05, 0.1) is 27.6 Å². The van der Waals surface area contributed by atoms with Gasteiger partial charge in [0.2, 0.25) is 0 Å². The van der Waals surface area contributed by atoms with E-state index in [1.165, 1.54) is 6.92 Å². The molecule has 0 bridgehead atoms. The molecule has 0 amide bonds. The third kappa shape index (κ3) is 4.65. The molecule has 1 saturated heterocycles. The number of carbonyl (C=O) groups excluding carboxylic acids is 1. The monoisotopic (exact) mass is 448 g/mol. The maximum atomic E-state index is 11.0. The van der Waals surface area contributed by atoms with Crippen molar-refractivity contribution < 1.29 is 18.8 Å². The third-order valence-electron chi connectivity index (χ3n) is 5.23. The van der Waals surface area contributed by atoms with E-state index in [1.54, 1.807) is 36.4 Å². The molecule has 0 atom stereocenters. The van der Waals surface area contributed by atoms with Gasteiger partial charge in [0, 0.05) is 12.5 Å². The van der Waals surface area contributed by atoms with E-state index in [1.807, 2.05) is 27.7 Å². The van der Waals surface area contributed by atoms with Crippen molar-refractivity contribution in [2.75, 3.05) is 5.73 Å². The van der Waals surface area contributed by atoms with Gasteiger partial charge in [-0.15, -0.1) is 0 Å². The summed E-state index contributed by atoms with van der Waals surface area (Å²) in [4.78, 5) is 15.4. The number of hydrogen-bond acceptors (Lipinski definition) is 6. The van der Waals surface area contributed by atoms with Gasteiger partial charge in [0.15, 0.2) is 0 Å². The van der Waals surface area contributed by atoms with Gasteiger partial charge in [-0.05, 0) is 69.6 Å². The zero-order valence-electron chi connectivity index (χ0n) is 17.5. The van der Waals surface area contributed by atoms with Crippen LogP contribution in [-0.2, 0) is 14.1 Å². The van der Waals surface area contributed by atoms with Gasteiger partial charge in [-0.1, -0.05) is 23.2 Å². The molecule has 2 aromatic carbocycles. The van der Waals surface area contributed by atoms with Crippen LogP contribution in [0.3, 0.4) is 0 Å². The molecular weight excluding hydrogens is 426 g/mol. The fraction of sp³-hybridized carbons (Fsp3) is 0.333. The number of nitrogens with zero attached hydrogens (tertiary/aromatic N) is 1. The highest BCUT2D eigenvalue weighted by atomic mass is 35.5. The van der Waals surface area contributed by atoms with Gasteiger partial charge in [0.1, 0.15) is 10.9 Å². The Morgan fingerprint density at radius 2 is 1.67 bits per heavy atom. The van der Waals surface area contributed by atoms with Crippen molar-refractivity contribution in [1.29, 1.82) is 0 Å². The number of aliphatic imine (C=N–C) groups is 1. The number of halogens is 2. The van der Waals surface area contributed by atoms with Crippen LogP contribution in [0, 0.1) is 0 Å². The van der Waals surface area contributed by atoms with E-state index in [0.29, 0.717) is 33.2 Å². The number of benzene rings is 2. The summed E-state index contributed by atoms with van der Waals surface area (Å²) in [5, 5.41) is 0.490. The molecule has 158 valence electrons. The molecule has 0 aliphatic carbocycles. The lowest BCUT2D eigenvalue weighted by Crippen LogP contribution is -2.41. The van der Waals surface area contributed by atoms with E-state index in [9.17, 15) is 4.79 Å². The van der Waals surface area contributed by atoms with Crippen molar-refractivity contribution in [2.45, 2.75) is 45.8 Å². The predicted molar refractivity (Wildman–Crippen MR) is 121 cm³/mol. The quantitative estimate of drug-likeness (QED) is 0.245. The molecule has 0 unspecified atom stereocenters. The molecule has 2 N–H and O–H groups in total. The molecule has 0 radical (unpaired) electrons. The highest BCUT2D eigenvalue weighted by Crippen LogP contribution is 2.37. The smallest absolute Gasteiger partial charge is 0.427 e. The second kappa shape index (κ2) is 8.23. The van der Waals surface area contributed by atoms with Crippen LogP contribution in [0.2, 0.25) is 5.02 Å². The van der Waals surface area contributed by atoms with Gasteiger partial charge >= 0.3 is 13.1 Å². The highest BCUT2D eigenvalue weighted by Gasteiger charge is 2.51. The third-order valence-corrected chi connectivity index (χ3v) is 5.83. The number of rotatable bonds is 4. The van der Waals surface area contributed by atoms with Crippen molar-refractivity contribution in [1.82, 2.24) is 0 Å². The average molecular weight is 449 g/mol. The SMILES string of the molecule is CC(=O)Oc1ccc(N=C(Cl)c2cc(B3OC(C)(C)C(C)(C)O3)cc(Cl)c2N)cc1. The van der Waals surface area contributed by atoms with Crippen LogP contribution < -0.4 is 15.9 Å². The zero-order valence-corrected chi connectivity index (χ0v) is 19.0. The Morgan fingerprint density at radius 1 is 1.10 bits per heavy atom. The molecule has 30 heavy (non-hydrogen) atoms. The van der Waals surface area contributed by atoms with Crippen molar-refractivity contribution in [3.05, 3.63) is 47.0 Å². The molecular formula is C21H23BCl2N2O4. The summed E-state index contributed by atoms with van der Waals surface area (Å²) >= 11 is 12.8. The number of nitrogen functional groups attached to an aromatic ring is 1. The minimum Gasteiger partial charge on any atom is -0.427 e. The Labute approximate surface area is 186 Å². The van der Waals surface area contributed by atoms with E-state index < -0.39 is 24.3 Å². The molecule has 0 spiro atoms. The Kier molecular flexibility index (Phi) is 6.21. The lowest BCUT2D eigenvalue weighted by atomic mass is 9.78. The van der Waals surface area contributed by atoms with Crippen LogP contribution in [0.4, 0.5) is 11.4 Å². The molecule has 6 nitrogen and oxygen atoms in total. The summed E-state index contributed by atoms with van der Waals surface area (Å²) in [5.74, 6) is 0.0223. The van der Waals surface area contributed by atoms with E-state index in [0.717, 1.165) is 0 Å². The highest BCUT2D eigenvalue weighted by molar-refractivity contribution is 6.71. The summed E-state index contributed by atoms with van der Waals surface area (Å²) in [6, 6.07) is 10.1. The maximum Gasteiger partial charge on any atom is 0.494 e. The number of esters is 1. The van der Waals surface area contributed by atoms with Crippen LogP contribution in [0.5, 0.6) is 5.75 Å². The standard InChI is InChI=1S/C21H23BCl2N2O4/c1-12(27)28-15-8-6-14(7-9-15)26-19(24)16-10-13(11-17(23)18(16)25)22-29-20(2,3)21(4,5)30-22/h6-11H,25H2,1-5H3. The van der Waals surface area contributed by atoms with E-state index in [-0.39, 0.29) is 5.17 Å². The fourth-order valence-electron chi connectivity index (χ4n) is 2.85. The molecule has 1 heterocycles. The van der Waals surface area contributed by atoms with Crippen molar-refractivity contribution >= 4 is 58.3 Å². The number of anilines is 1. The number of carbonyl (C=O) groups is 1. The Balaban J connectivity index is 1.92. The number of hydrogen-bond donors (Lipinski definition) is 1. The van der Waals surface area contributed by atoms with Crippen molar-refractivity contribution in [2.24, 2.45) is 4.99 Å². The minimum absolute atomic E-state index is 0.160. The summed E-state index contributed by atoms with van der Waals surface area (Å²) in [6.07, 6.45) is 0. The lowest BCUT2D eigenvalue weighted by Gasteiger charge is -2.32. The number of ether oxygens (including phenoxy) is 1. The summed E-state index contributed by atoms with van der Waals surface area (Å²) in [6.45, 7) is 9.23. The van der Waals surface area contributed by atoms with Crippen LogP contribution in [-0.4, -0.2) is 29.5 Å². The molecule has 1 aliphatic rings. The van der Waals surface area contributed by atoms with E-state index >= 15 is 0 Å². The van der Waals surface area contributed by atoms with Gasteiger partial charge in [-0.3, -0.25) is 4.79 Å². The van der Waals surface area contributed by atoms with Crippen LogP contribution in [0.25, 0.3) is 0 Å². The average Bonchev–Trinajstić information content (AvgIpc) is 2.86. The Morgan fingerprint density at radius 3 is 2.20 bits per heavy atom. The first-order valence-corrected chi connectivity index (χ1v) is 10.1. The predicted octanol–water partition coefficient (Wildman–Crippen LogP) is 4.46. The summed E-state index contributed by atoms with van der Waals surface area (Å²) in [5.41, 5.74) is 7.20. The fourth-order valence-corrected chi connectivity index (χ4v) is 3.33.